The molecule has 0 atom stereocenters. The first-order valence-corrected chi connectivity index (χ1v) is 8.49. The van der Waals surface area contributed by atoms with Gasteiger partial charge in [0.15, 0.2) is 18.6 Å². The molecule has 1 aromatic heterocycles. The van der Waals surface area contributed by atoms with E-state index < -0.39 is 0 Å². The number of hydrogen-bond acceptors (Lipinski definition) is 3. The highest BCUT2D eigenvalue weighted by atomic mass is 79.9. The number of Topliss-reactive ketones (excluding diaryl/α,β-unsaturated/α-hetero) is 1. The van der Waals surface area contributed by atoms with Gasteiger partial charge >= 0.3 is 0 Å². The molecule has 0 unspecified atom stereocenters. The number of aromatic nitrogens is 1. The number of benzene rings is 1. The topological polar surface area (TPSA) is 53.2 Å². The highest BCUT2D eigenvalue weighted by Crippen LogP contribution is 2.36. The Morgan fingerprint density at radius 2 is 2.22 bits per heavy atom. The van der Waals surface area contributed by atoms with Crippen molar-refractivity contribution >= 4 is 27.3 Å². The summed E-state index contributed by atoms with van der Waals surface area (Å²) in [5.41, 5.74) is 3.84. The first-order valence-electron chi connectivity index (χ1n) is 7.37. The molecule has 2 heterocycles. The first-order chi connectivity index (χ1) is 11.1. The van der Waals surface area contributed by atoms with E-state index in [0.29, 0.717) is 17.0 Å². The van der Waals surface area contributed by atoms with Crippen LogP contribution in [-0.4, -0.2) is 11.1 Å². The van der Waals surface area contributed by atoms with Gasteiger partial charge < -0.3 is 9.94 Å². The smallest absolute Gasteiger partial charge is 0.238 e. The molecule has 4 nitrogen and oxygen atoms in total. The van der Waals surface area contributed by atoms with Crippen LogP contribution in [0.1, 0.15) is 40.5 Å². The fraction of sp³-hybridized carbons (Fsp3) is 0.222. The Hall–Kier alpha value is -2.14. The predicted molar refractivity (Wildman–Crippen MR) is 91.7 cm³/mol. The van der Waals surface area contributed by atoms with Gasteiger partial charge in [0.1, 0.15) is 5.75 Å². The molecular weight excluding hydrogens is 358 g/mol. The molecule has 0 spiro atoms. The van der Waals surface area contributed by atoms with E-state index >= 15 is 0 Å². The molecule has 1 aliphatic rings. The number of fused-ring (bicyclic) bond motifs is 2. The maximum Gasteiger partial charge on any atom is 0.238 e. The summed E-state index contributed by atoms with van der Waals surface area (Å²) < 4.78 is 6.66. The van der Waals surface area contributed by atoms with Crippen molar-refractivity contribution in [2.75, 3.05) is 5.33 Å². The second kappa shape index (κ2) is 6.54. The lowest BCUT2D eigenvalue weighted by Gasteiger charge is -2.11. The molecule has 0 bridgehead atoms. The van der Waals surface area contributed by atoms with Crippen molar-refractivity contribution in [1.29, 1.82) is 0 Å². The number of hydrogen-bond donors (Lipinski definition) is 0. The van der Waals surface area contributed by atoms with E-state index in [1.807, 2.05) is 12.1 Å². The summed E-state index contributed by atoms with van der Waals surface area (Å²) in [4.78, 5) is 11.7. The van der Waals surface area contributed by atoms with Crippen LogP contribution in [0, 0.1) is 5.21 Å². The van der Waals surface area contributed by atoms with Crippen LogP contribution in [0.25, 0.3) is 5.57 Å². The molecule has 1 aromatic carbocycles. The number of alkyl halides is 1. The van der Waals surface area contributed by atoms with Crippen LogP contribution >= 0.6 is 15.9 Å². The fourth-order valence-electron chi connectivity index (χ4n) is 2.70. The van der Waals surface area contributed by atoms with Crippen LogP contribution in [0.4, 0.5) is 0 Å². The number of halogens is 1. The molecule has 2 aromatic rings. The van der Waals surface area contributed by atoms with Crippen molar-refractivity contribution in [1.82, 2.24) is 0 Å². The van der Waals surface area contributed by atoms with Crippen LogP contribution in [0.2, 0.25) is 0 Å². The van der Waals surface area contributed by atoms with Gasteiger partial charge in [-0.1, -0.05) is 22.0 Å². The molecule has 1 aliphatic heterocycles. The van der Waals surface area contributed by atoms with Gasteiger partial charge in [-0.15, -0.1) is 0 Å². The average molecular weight is 374 g/mol. The minimum Gasteiger partial charge on any atom is -0.618 e. The summed E-state index contributed by atoms with van der Waals surface area (Å²) in [6.07, 6.45) is 4.36. The SMILES string of the molecule is CC(=O)c1ccc2c(c1)C(=CCCBr)c1ccc[n+]([O-])c1CO2. The molecule has 0 fully saturated rings. The Morgan fingerprint density at radius 3 is 2.96 bits per heavy atom. The Morgan fingerprint density at radius 1 is 1.39 bits per heavy atom. The molecule has 5 heteroatoms. The summed E-state index contributed by atoms with van der Waals surface area (Å²) in [7, 11) is 0. The minimum atomic E-state index is 0.00376. The van der Waals surface area contributed by atoms with Crippen molar-refractivity contribution in [3.63, 3.8) is 0 Å². The van der Waals surface area contributed by atoms with E-state index in [2.05, 4.69) is 22.0 Å². The number of carbonyl (C=O) groups is 1. The quantitative estimate of drug-likeness (QED) is 0.357. The molecular formula is C18H16BrNO3. The van der Waals surface area contributed by atoms with Crippen LogP contribution < -0.4 is 9.47 Å². The van der Waals surface area contributed by atoms with Crippen molar-refractivity contribution in [2.24, 2.45) is 0 Å². The van der Waals surface area contributed by atoms with Gasteiger partial charge in [-0.25, -0.2) is 0 Å². The zero-order valence-corrected chi connectivity index (χ0v) is 14.3. The van der Waals surface area contributed by atoms with Gasteiger partial charge in [-0.3, -0.25) is 4.79 Å². The first kappa shape index (κ1) is 15.7. The molecule has 0 aliphatic carbocycles. The third-order valence-corrected chi connectivity index (χ3v) is 4.31. The van der Waals surface area contributed by atoms with Crippen molar-refractivity contribution in [3.05, 3.63) is 70.2 Å². The average Bonchev–Trinajstić information content (AvgIpc) is 2.70. The number of nitrogens with zero attached hydrogens (tertiary/aromatic N) is 1. The lowest BCUT2D eigenvalue weighted by Crippen LogP contribution is -2.33. The standard InChI is InChI=1S/C18H16BrNO3/c1-12(21)13-6-7-18-16(10-13)14(4-2-8-19)15-5-3-9-20(22)17(15)11-23-18/h3-7,9-10H,2,8,11H2,1H3. The number of ether oxygens (including phenoxy) is 1. The fourth-order valence-corrected chi connectivity index (χ4v) is 2.93. The Kier molecular flexibility index (Phi) is 4.48. The van der Waals surface area contributed by atoms with Crippen molar-refractivity contribution in [2.45, 2.75) is 20.0 Å². The van der Waals surface area contributed by atoms with E-state index in [9.17, 15) is 10.0 Å². The minimum absolute atomic E-state index is 0.00376. The Balaban J connectivity index is 2.24. The van der Waals surface area contributed by atoms with Gasteiger partial charge in [0.25, 0.3) is 0 Å². The molecule has 0 N–H and O–H groups in total. The molecule has 3 rings (SSSR count). The molecule has 0 radical (unpaired) electrons. The zero-order chi connectivity index (χ0) is 16.4. The molecule has 0 saturated heterocycles. The van der Waals surface area contributed by atoms with Gasteiger partial charge in [0.2, 0.25) is 5.69 Å². The number of pyridine rings is 1. The van der Waals surface area contributed by atoms with Crippen LogP contribution in [-0.2, 0) is 6.61 Å². The van der Waals surface area contributed by atoms with Crippen molar-refractivity contribution in [3.8, 4) is 5.75 Å². The van der Waals surface area contributed by atoms with Gasteiger partial charge in [-0.05, 0) is 43.2 Å². The Labute approximate surface area is 143 Å². The molecule has 118 valence electrons. The largest absolute Gasteiger partial charge is 0.618 e. The third kappa shape index (κ3) is 3.01. The zero-order valence-electron chi connectivity index (χ0n) is 12.7. The summed E-state index contributed by atoms with van der Waals surface area (Å²) >= 11 is 3.43. The highest BCUT2D eigenvalue weighted by Gasteiger charge is 2.24. The predicted octanol–water partition coefficient (Wildman–Crippen LogP) is 3.63. The number of carbonyl (C=O) groups excluding carboxylic acids is 1. The van der Waals surface area contributed by atoms with Gasteiger partial charge in [-0.2, -0.15) is 4.73 Å². The summed E-state index contributed by atoms with van der Waals surface area (Å²) in [6.45, 7) is 1.75. The summed E-state index contributed by atoms with van der Waals surface area (Å²) in [6, 6.07) is 9.05. The van der Waals surface area contributed by atoms with Crippen LogP contribution in [0.5, 0.6) is 5.75 Å². The molecule has 0 saturated carbocycles. The van der Waals surface area contributed by atoms with E-state index in [4.69, 9.17) is 4.74 Å². The molecule has 23 heavy (non-hydrogen) atoms. The van der Waals surface area contributed by atoms with E-state index in [0.717, 1.165) is 33.2 Å². The lowest BCUT2D eigenvalue weighted by atomic mass is 9.94. The summed E-state index contributed by atoms with van der Waals surface area (Å²) in [5.74, 6) is 0.691. The van der Waals surface area contributed by atoms with Crippen molar-refractivity contribution < 1.29 is 14.3 Å². The van der Waals surface area contributed by atoms with Gasteiger partial charge in [0, 0.05) is 22.5 Å². The maximum atomic E-state index is 12.1. The second-order valence-electron chi connectivity index (χ2n) is 5.35. The third-order valence-electron chi connectivity index (χ3n) is 3.85. The van der Waals surface area contributed by atoms with E-state index in [-0.39, 0.29) is 12.4 Å². The second-order valence-corrected chi connectivity index (χ2v) is 6.14. The van der Waals surface area contributed by atoms with Crippen LogP contribution in [0.3, 0.4) is 0 Å². The summed E-state index contributed by atoms with van der Waals surface area (Å²) in [5, 5.41) is 12.9. The highest BCUT2D eigenvalue weighted by molar-refractivity contribution is 9.09. The Bertz CT molecular complexity index is 799. The number of allylic oxidation sites excluding steroid dienone is 1. The normalized spacial score (nSPS) is 14.6. The monoisotopic (exact) mass is 373 g/mol. The molecule has 0 amide bonds. The maximum absolute atomic E-state index is 12.1. The number of rotatable bonds is 3. The lowest BCUT2D eigenvalue weighted by molar-refractivity contribution is -0.616. The number of ketones is 1. The van der Waals surface area contributed by atoms with E-state index in [1.165, 1.54) is 6.20 Å². The van der Waals surface area contributed by atoms with Crippen LogP contribution in [0.15, 0.2) is 42.6 Å². The van der Waals surface area contributed by atoms with E-state index in [1.54, 1.807) is 25.1 Å². The van der Waals surface area contributed by atoms with Gasteiger partial charge in [0.05, 0.1) is 5.56 Å².